The lowest BCUT2D eigenvalue weighted by atomic mass is 10.0. The molecule has 7 rings (SSSR count). The number of fused-ring (bicyclic) bond motifs is 2. The highest BCUT2D eigenvalue weighted by Crippen LogP contribution is 2.41. The average Bonchev–Trinajstić information content (AvgIpc) is 3.83. The van der Waals surface area contributed by atoms with Gasteiger partial charge < -0.3 is 24.3 Å². The van der Waals surface area contributed by atoms with Crippen LogP contribution in [0.5, 0.6) is 0 Å². The summed E-state index contributed by atoms with van der Waals surface area (Å²) in [6.45, 7) is 5.25. The third kappa shape index (κ3) is 8.13. The van der Waals surface area contributed by atoms with E-state index in [1.165, 1.54) is 28.3 Å². The van der Waals surface area contributed by atoms with Crippen LogP contribution < -0.4 is 20.3 Å². The van der Waals surface area contributed by atoms with Gasteiger partial charge in [0.2, 0.25) is 11.5 Å². The third-order valence-corrected chi connectivity index (χ3v) is 10.1. The molecule has 0 spiro atoms. The number of aryl methyl sites for hydroxylation is 1. The van der Waals surface area contributed by atoms with Crippen molar-refractivity contribution in [3.63, 3.8) is 0 Å². The van der Waals surface area contributed by atoms with Crippen LogP contribution in [0.2, 0.25) is 0 Å². The topological polar surface area (TPSA) is 158 Å². The lowest BCUT2D eigenvalue weighted by Crippen LogP contribution is -2.50. The Morgan fingerprint density at radius 1 is 0.947 bits per heavy atom. The van der Waals surface area contributed by atoms with Crippen LogP contribution in [0.1, 0.15) is 37.9 Å². The Bertz CT molecular complexity index is 2300. The molecule has 1 saturated heterocycles. The number of hydrogen-bond acceptors (Lipinski definition) is 11. The quantitative estimate of drug-likeness (QED) is 0.118. The van der Waals surface area contributed by atoms with Gasteiger partial charge in [-0.25, -0.2) is 19.9 Å². The number of H-pyrrole nitrogens is 2. The number of ether oxygens (including phenoxy) is 2. The molecule has 4 aromatic heterocycles. The molecule has 1 unspecified atom stereocenters. The van der Waals surface area contributed by atoms with E-state index in [1.54, 1.807) is 24.1 Å². The number of pyridine rings is 2. The summed E-state index contributed by atoms with van der Waals surface area (Å²) in [7, 11) is 0. The lowest BCUT2D eigenvalue weighted by Gasteiger charge is -2.36. The molecule has 1 fully saturated rings. The Balaban J connectivity index is 1.00. The number of likely N-dealkylation sites (N-methyl/N-ethyl adjacent to an activating group) is 1. The minimum Gasteiger partial charge on any atom is -0.377 e. The molecule has 1 amide bonds. The van der Waals surface area contributed by atoms with Gasteiger partial charge in [0.25, 0.3) is 0 Å². The first kappa shape index (κ1) is 39.6. The number of carbonyl (C=O) groups is 1. The molecule has 57 heavy (non-hydrogen) atoms. The summed E-state index contributed by atoms with van der Waals surface area (Å²) < 4.78 is 96.3. The second-order valence-corrected chi connectivity index (χ2v) is 13.7. The number of nitrogens with zero attached hydrogens (tertiary/aromatic N) is 8. The predicted molar refractivity (Wildman–Crippen MR) is 197 cm³/mol. The number of carbonyl (C=O) groups excluding carboxylic acids is 1. The maximum absolute atomic E-state index is 14.6. The number of rotatable bonds is 12. The summed E-state index contributed by atoms with van der Waals surface area (Å²) in [5.41, 5.74) is 0.357. The van der Waals surface area contributed by atoms with Gasteiger partial charge in [-0.2, -0.15) is 31.4 Å². The Labute approximate surface area is 321 Å². The third-order valence-electron chi connectivity index (χ3n) is 10.1. The summed E-state index contributed by atoms with van der Waals surface area (Å²) in [6.07, 6.45) is -8.48. The Kier molecular flexibility index (Phi) is 10.9. The van der Waals surface area contributed by atoms with Crippen LogP contribution in [0.3, 0.4) is 0 Å². The normalized spacial score (nSPS) is 18.1. The van der Waals surface area contributed by atoms with Gasteiger partial charge in [0.15, 0.2) is 23.6 Å². The van der Waals surface area contributed by atoms with Crippen LogP contribution in [0.15, 0.2) is 53.7 Å². The van der Waals surface area contributed by atoms with Crippen molar-refractivity contribution in [2.75, 3.05) is 54.2 Å². The van der Waals surface area contributed by atoms with Crippen LogP contribution >= 0.6 is 0 Å². The zero-order valence-corrected chi connectivity index (χ0v) is 31.0. The van der Waals surface area contributed by atoms with Gasteiger partial charge in [-0.15, -0.1) is 0 Å². The molecule has 2 aliphatic heterocycles. The highest BCUT2D eigenvalue weighted by Gasteiger charge is 2.51. The molecule has 2 aliphatic rings. The van der Waals surface area contributed by atoms with Gasteiger partial charge in [-0.1, -0.05) is 0 Å². The SMILES string of the molecule is CCN1C(=O)CN(CCOCCOC([C@H]2CC[C@H](C)N2c2ccc3[nH]c(=O)cc(C(F)(F)F)c3c2)C(F)(F)F)c2ncc(-c3ccc(-c4nc[nH]n4)nc3C)nc21. The molecule has 20 heteroatoms. The maximum atomic E-state index is 14.6. The fourth-order valence-electron chi connectivity index (χ4n) is 7.48. The first-order valence-electron chi connectivity index (χ1n) is 18.2. The number of benzene rings is 1. The number of aromatic nitrogens is 7. The smallest absolute Gasteiger partial charge is 0.377 e. The van der Waals surface area contributed by atoms with Crippen molar-refractivity contribution < 1.29 is 40.6 Å². The first-order valence-corrected chi connectivity index (χ1v) is 18.2. The Morgan fingerprint density at radius 2 is 1.75 bits per heavy atom. The largest absolute Gasteiger partial charge is 0.417 e. The van der Waals surface area contributed by atoms with Crippen LogP contribution in [-0.4, -0.2) is 105 Å². The average molecular weight is 801 g/mol. The number of alkyl halides is 6. The number of hydrogen-bond donors (Lipinski definition) is 2. The van der Waals surface area contributed by atoms with Crippen molar-refractivity contribution in [1.82, 2.24) is 35.1 Å². The van der Waals surface area contributed by atoms with Gasteiger partial charge in [-0.3, -0.25) is 19.6 Å². The van der Waals surface area contributed by atoms with E-state index in [0.29, 0.717) is 59.1 Å². The summed E-state index contributed by atoms with van der Waals surface area (Å²) in [6, 6.07) is 6.16. The van der Waals surface area contributed by atoms with E-state index in [2.05, 4.69) is 30.1 Å². The van der Waals surface area contributed by atoms with Crippen molar-refractivity contribution in [2.45, 2.75) is 64.2 Å². The Hall–Kier alpha value is -5.63. The summed E-state index contributed by atoms with van der Waals surface area (Å²) in [5.74, 6) is 1.02. The molecule has 2 N–H and O–H groups in total. The van der Waals surface area contributed by atoms with E-state index in [4.69, 9.17) is 14.5 Å². The molecular weight excluding hydrogens is 762 g/mol. The highest BCUT2D eigenvalue weighted by molar-refractivity contribution is 6.01. The summed E-state index contributed by atoms with van der Waals surface area (Å²) >= 11 is 0. The summed E-state index contributed by atoms with van der Waals surface area (Å²) in [4.78, 5) is 50.2. The molecule has 0 bridgehead atoms. The van der Waals surface area contributed by atoms with Gasteiger partial charge in [-0.05, 0) is 63.9 Å². The van der Waals surface area contributed by atoms with Crippen LogP contribution in [0, 0.1) is 6.92 Å². The summed E-state index contributed by atoms with van der Waals surface area (Å²) in [5, 5.41) is 6.38. The molecule has 14 nitrogen and oxygen atoms in total. The fourth-order valence-corrected chi connectivity index (χ4v) is 7.48. The molecule has 0 saturated carbocycles. The minimum absolute atomic E-state index is 0.0121. The fraction of sp³-hybridized carbons (Fsp3) is 0.432. The highest BCUT2D eigenvalue weighted by atomic mass is 19.4. The molecule has 1 aromatic carbocycles. The van der Waals surface area contributed by atoms with E-state index in [0.717, 1.165) is 6.07 Å². The van der Waals surface area contributed by atoms with Gasteiger partial charge in [0.1, 0.15) is 12.0 Å². The standard InChI is InChI=1S/C37H38F6N10O4/c1-4-52-31(55)18-51(34-35(52)49-28(17-44-34)23-7-9-27(47-21(23)3)33-45-19-46-50-33)11-12-56-13-14-57-32(37(41,42)43)29-10-5-20(2)53(29)22-6-8-26-24(15-22)25(36(38,39)40)16-30(54)48-26/h6-9,15-17,19-20,29,32H,4-5,10-14,18H2,1-3H3,(H,48,54)(H,45,46,50)/t20-,29+,32?/m0/s1. The van der Waals surface area contributed by atoms with E-state index in [-0.39, 0.29) is 55.2 Å². The van der Waals surface area contributed by atoms with E-state index in [9.17, 15) is 35.9 Å². The number of aromatic amines is 2. The molecule has 302 valence electrons. The van der Waals surface area contributed by atoms with Crippen molar-refractivity contribution in [2.24, 2.45) is 0 Å². The second-order valence-electron chi connectivity index (χ2n) is 13.7. The zero-order valence-electron chi connectivity index (χ0n) is 31.0. The lowest BCUT2D eigenvalue weighted by molar-refractivity contribution is -0.228. The number of nitrogens with one attached hydrogen (secondary N) is 2. The zero-order chi connectivity index (χ0) is 40.6. The molecule has 5 aromatic rings. The number of amides is 1. The van der Waals surface area contributed by atoms with E-state index >= 15 is 0 Å². The maximum Gasteiger partial charge on any atom is 0.417 e. The van der Waals surface area contributed by atoms with Crippen molar-refractivity contribution in [3.8, 4) is 22.8 Å². The van der Waals surface area contributed by atoms with Crippen molar-refractivity contribution >= 4 is 34.1 Å². The van der Waals surface area contributed by atoms with Gasteiger partial charge >= 0.3 is 12.4 Å². The Morgan fingerprint density at radius 3 is 2.46 bits per heavy atom. The first-order chi connectivity index (χ1) is 27.1. The molecule has 6 heterocycles. The minimum atomic E-state index is -4.86. The van der Waals surface area contributed by atoms with Crippen LogP contribution in [0.25, 0.3) is 33.7 Å². The molecule has 0 radical (unpaired) electrons. The molecular formula is C37H38F6N10O4. The van der Waals surface area contributed by atoms with Crippen LogP contribution in [0.4, 0.5) is 43.7 Å². The van der Waals surface area contributed by atoms with E-state index in [1.807, 2.05) is 19.9 Å². The monoisotopic (exact) mass is 800 g/mol. The van der Waals surface area contributed by atoms with Crippen molar-refractivity contribution in [1.29, 1.82) is 0 Å². The van der Waals surface area contributed by atoms with Crippen molar-refractivity contribution in [3.05, 3.63) is 70.5 Å². The second kappa shape index (κ2) is 15.7. The van der Waals surface area contributed by atoms with Gasteiger partial charge in [0, 0.05) is 53.0 Å². The number of anilines is 3. The van der Waals surface area contributed by atoms with E-state index < -0.39 is 48.3 Å². The van der Waals surface area contributed by atoms with Crippen LogP contribution in [-0.2, 0) is 20.4 Å². The predicted octanol–water partition coefficient (Wildman–Crippen LogP) is 5.69. The van der Waals surface area contributed by atoms with Gasteiger partial charge in [0.05, 0.1) is 49.9 Å². The number of halogens is 6. The molecule has 3 atom stereocenters. The molecule has 0 aliphatic carbocycles.